The van der Waals surface area contributed by atoms with Gasteiger partial charge in [-0.25, -0.2) is 0 Å². The van der Waals surface area contributed by atoms with Gasteiger partial charge in [-0.2, -0.15) is 5.10 Å². The van der Waals surface area contributed by atoms with Crippen molar-refractivity contribution in [1.82, 2.24) is 15.1 Å². The smallest absolute Gasteiger partial charge is 0.246 e. The summed E-state index contributed by atoms with van der Waals surface area (Å²) in [7, 11) is 0. The second-order valence-electron chi connectivity index (χ2n) is 5.17. The van der Waals surface area contributed by atoms with Crippen molar-refractivity contribution < 1.29 is 13.9 Å². The van der Waals surface area contributed by atoms with E-state index >= 15 is 0 Å². The molecule has 3 rings (SSSR count). The average molecular weight is 299 g/mol. The molecule has 114 valence electrons. The van der Waals surface area contributed by atoms with Crippen LogP contribution in [0.4, 0.5) is 0 Å². The van der Waals surface area contributed by atoms with Gasteiger partial charge in [0.1, 0.15) is 11.9 Å². The molecule has 0 radical (unpaired) electrons. The van der Waals surface area contributed by atoms with Crippen LogP contribution in [0.25, 0.3) is 6.08 Å². The number of rotatable bonds is 4. The van der Waals surface area contributed by atoms with Gasteiger partial charge in [0.25, 0.3) is 0 Å². The third-order valence-electron chi connectivity index (χ3n) is 3.45. The van der Waals surface area contributed by atoms with Crippen LogP contribution in [-0.4, -0.2) is 40.2 Å². The summed E-state index contributed by atoms with van der Waals surface area (Å²) in [4.78, 5) is 13.9. The number of ether oxygens (including phenoxy) is 1. The minimum absolute atomic E-state index is 0.0435. The Bertz CT molecular complexity index is 650. The molecule has 1 amide bonds. The zero-order valence-corrected chi connectivity index (χ0v) is 12.3. The lowest BCUT2D eigenvalue weighted by Gasteiger charge is -2.15. The number of carbonyl (C=O) groups is 1. The van der Waals surface area contributed by atoms with Crippen LogP contribution in [0.2, 0.25) is 0 Å². The molecule has 0 spiro atoms. The Morgan fingerprint density at radius 3 is 3.05 bits per heavy atom. The molecule has 3 heterocycles. The normalized spacial score (nSPS) is 18.0. The number of nitrogens with zero attached hydrogens (tertiary/aromatic N) is 3. The second-order valence-corrected chi connectivity index (χ2v) is 5.17. The summed E-state index contributed by atoms with van der Waals surface area (Å²) in [6.45, 7) is 3.10. The van der Waals surface area contributed by atoms with E-state index in [2.05, 4.69) is 10.2 Å². The van der Waals surface area contributed by atoms with Gasteiger partial charge >= 0.3 is 0 Å². The van der Waals surface area contributed by atoms with Crippen molar-refractivity contribution >= 4 is 12.0 Å². The highest BCUT2D eigenvalue weighted by molar-refractivity contribution is 5.91. The van der Waals surface area contributed by atoms with Gasteiger partial charge in [-0.1, -0.05) is 0 Å². The molecule has 6 nitrogen and oxygen atoms in total. The third-order valence-corrected chi connectivity index (χ3v) is 3.45. The maximum absolute atomic E-state index is 12.1. The minimum atomic E-state index is -0.0440. The quantitative estimate of drug-likeness (QED) is 0.808. The number of hydrogen-bond donors (Lipinski definition) is 0. The van der Waals surface area contributed by atoms with E-state index in [0.717, 1.165) is 12.1 Å². The molecule has 6 heteroatoms. The number of aromatic nitrogens is 2. The Balaban J connectivity index is 1.53. The van der Waals surface area contributed by atoms with E-state index in [1.165, 1.54) is 6.08 Å². The molecule has 2 aromatic rings. The zero-order chi connectivity index (χ0) is 15.4. The van der Waals surface area contributed by atoms with Gasteiger partial charge in [-0.3, -0.25) is 4.79 Å². The van der Waals surface area contributed by atoms with Crippen LogP contribution in [0.5, 0.6) is 5.88 Å². The number of carbonyl (C=O) groups excluding carboxylic acids is 1. The Labute approximate surface area is 128 Å². The van der Waals surface area contributed by atoms with Crippen LogP contribution in [0.15, 0.2) is 41.0 Å². The molecule has 0 aromatic carbocycles. The maximum Gasteiger partial charge on any atom is 0.246 e. The summed E-state index contributed by atoms with van der Waals surface area (Å²) < 4.78 is 10.9. The second kappa shape index (κ2) is 6.43. The lowest BCUT2D eigenvalue weighted by atomic mass is 10.3. The van der Waals surface area contributed by atoms with Crippen LogP contribution in [0, 0.1) is 6.92 Å². The van der Waals surface area contributed by atoms with E-state index in [0.29, 0.717) is 24.7 Å². The molecule has 0 saturated carbocycles. The van der Waals surface area contributed by atoms with Gasteiger partial charge in [0.2, 0.25) is 11.8 Å². The van der Waals surface area contributed by atoms with Gasteiger partial charge < -0.3 is 14.1 Å². The van der Waals surface area contributed by atoms with Crippen LogP contribution in [0.3, 0.4) is 0 Å². The first-order valence-electron chi connectivity index (χ1n) is 7.18. The van der Waals surface area contributed by atoms with Gasteiger partial charge in [0.05, 0.1) is 18.5 Å². The molecule has 1 aliphatic heterocycles. The number of furan rings is 1. The van der Waals surface area contributed by atoms with Crippen LogP contribution < -0.4 is 4.74 Å². The first-order chi connectivity index (χ1) is 10.7. The fourth-order valence-electron chi connectivity index (χ4n) is 2.29. The van der Waals surface area contributed by atoms with Crippen LogP contribution >= 0.6 is 0 Å². The Morgan fingerprint density at radius 1 is 1.41 bits per heavy atom. The fraction of sp³-hybridized carbons (Fsp3) is 0.312. The van der Waals surface area contributed by atoms with Crippen molar-refractivity contribution in [3.8, 4) is 5.88 Å². The summed E-state index contributed by atoms with van der Waals surface area (Å²) in [6.07, 6.45) is 5.51. The molecular weight excluding hydrogens is 282 g/mol. The molecule has 0 N–H and O–H groups in total. The highest BCUT2D eigenvalue weighted by Gasteiger charge is 2.26. The molecule has 1 atom stereocenters. The molecule has 2 aromatic heterocycles. The fourth-order valence-corrected chi connectivity index (χ4v) is 2.29. The summed E-state index contributed by atoms with van der Waals surface area (Å²) in [5, 5.41) is 7.94. The molecular formula is C16H17N3O3. The van der Waals surface area contributed by atoms with Crippen LogP contribution in [-0.2, 0) is 4.79 Å². The molecule has 1 saturated heterocycles. The van der Waals surface area contributed by atoms with Crippen molar-refractivity contribution in [3.63, 3.8) is 0 Å². The lowest BCUT2D eigenvalue weighted by molar-refractivity contribution is -0.125. The first-order valence-corrected chi connectivity index (χ1v) is 7.18. The van der Waals surface area contributed by atoms with Gasteiger partial charge in [-0.15, -0.1) is 5.10 Å². The third kappa shape index (κ3) is 3.52. The van der Waals surface area contributed by atoms with E-state index in [-0.39, 0.29) is 12.0 Å². The largest absolute Gasteiger partial charge is 0.471 e. The Morgan fingerprint density at radius 2 is 2.32 bits per heavy atom. The first kappa shape index (κ1) is 14.3. The van der Waals surface area contributed by atoms with E-state index in [9.17, 15) is 4.79 Å². The summed E-state index contributed by atoms with van der Waals surface area (Å²) in [5.74, 6) is 1.11. The highest BCUT2D eigenvalue weighted by Crippen LogP contribution is 2.16. The minimum Gasteiger partial charge on any atom is -0.471 e. The number of likely N-dealkylation sites (tertiary alicyclic amines) is 1. The zero-order valence-electron chi connectivity index (χ0n) is 12.3. The highest BCUT2D eigenvalue weighted by atomic mass is 16.5. The van der Waals surface area contributed by atoms with Crippen molar-refractivity contribution in [2.75, 3.05) is 13.1 Å². The van der Waals surface area contributed by atoms with Crippen LogP contribution in [0.1, 0.15) is 17.9 Å². The molecule has 0 aliphatic carbocycles. The Kier molecular flexibility index (Phi) is 4.18. The number of aryl methyl sites for hydroxylation is 1. The van der Waals surface area contributed by atoms with Crippen molar-refractivity contribution in [1.29, 1.82) is 0 Å². The van der Waals surface area contributed by atoms with Crippen molar-refractivity contribution in [3.05, 3.63) is 48.1 Å². The van der Waals surface area contributed by atoms with Gasteiger partial charge in [0, 0.05) is 25.1 Å². The summed E-state index contributed by atoms with van der Waals surface area (Å²) >= 11 is 0. The predicted molar refractivity (Wildman–Crippen MR) is 80.1 cm³/mol. The summed E-state index contributed by atoms with van der Waals surface area (Å²) in [6, 6.07) is 7.23. The molecule has 0 unspecified atom stereocenters. The molecule has 0 bridgehead atoms. The van der Waals surface area contributed by atoms with E-state index < -0.39 is 0 Å². The SMILES string of the molecule is Cc1ccc(O[C@H]2CCN(C(=O)/C=C/c3ccco3)C2)nn1. The van der Waals surface area contributed by atoms with Crippen molar-refractivity contribution in [2.24, 2.45) is 0 Å². The number of hydrogen-bond acceptors (Lipinski definition) is 5. The predicted octanol–water partition coefficient (Wildman–Crippen LogP) is 2.07. The van der Waals surface area contributed by atoms with Gasteiger partial charge in [0.15, 0.2) is 0 Å². The molecule has 22 heavy (non-hydrogen) atoms. The van der Waals surface area contributed by atoms with E-state index in [1.54, 1.807) is 35.4 Å². The maximum atomic E-state index is 12.1. The Hall–Kier alpha value is -2.63. The van der Waals surface area contributed by atoms with Crippen molar-refractivity contribution in [2.45, 2.75) is 19.4 Å². The van der Waals surface area contributed by atoms with E-state index in [4.69, 9.17) is 9.15 Å². The van der Waals surface area contributed by atoms with Gasteiger partial charge in [-0.05, 0) is 31.2 Å². The standard InChI is InChI=1S/C16H17N3O3/c1-12-4-6-15(18-17-12)22-14-8-9-19(11-14)16(20)7-5-13-3-2-10-21-13/h2-7,10,14H,8-9,11H2,1H3/b7-5+/t14-/m0/s1. The average Bonchev–Trinajstić information content (AvgIpc) is 3.19. The number of amides is 1. The molecule has 1 fully saturated rings. The summed E-state index contributed by atoms with van der Waals surface area (Å²) in [5.41, 5.74) is 0.846. The lowest BCUT2D eigenvalue weighted by Crippen LogP contribution is -2.29. The monoisotopic (exact) mass is 299 g/mol. The van der Waals surface area contributed by atoms with E-state index in [1.807, 2.05) is 13.0 Å². The molecule has 1 aliphatic rings. The topological polar surface area (TPSA) is 68.5 Å².